The fraction of sp³-hybridized carbons (Fsp3) is 0.522. The highest BCUT2D eigenvalue weighted by Gasteiger charge is 2.39. The average molecular weight is 514 g/mol. The number of aromatic amines is 1. The second kappa shape index (κ2) is 12.6. The van der Waals surface area contributed by atoms with E-state index in [0.29, 0.717) is 48.2 Å². The predicted octanol–water partition coefficient (Wildman–Crippen LogP) is 4.84. The lowest BCUT2D eigenvalue weighted by molar-refractivity contribution is -0.0320. The summed E-state index contributed by atoms with van der Waals surface area (Å²) in [5.41, 5.74) is 3.42. The molecule has 0 amide bonds. The minimum atomic E-state index is -2.89. The van der Waals surface area contributed by atoms with Crippen LogP contribution in [0.3, 0.4) is 0 Å². The summed E-state index contributed by atoms with van der Waals surface area (Å²) in [7, 11) is 0. The number of hydrogen-bond acceptors (Lipinski definition) is 6. The molecule has 1 unspecified atom stereocenters. The standard InChI is InChI=1S/C23H31Cl2F2N7/c1-3-16(24)7-8-18-15(2)20(34-33-18)13-28-11-9-19-17(25)12-30-22(32-19)31-14-23(26,27)21-6-4-5-10-29-21/h3,7-8,12,21,28-29H,4-6,9-11,13-14H2,1-2H3,(H,33,34)(H,30,31,32)/b8-7-,16-3+. The van der Waals surface area contributed by atoms with Crippen LogP contribution in [-0.4, -0.2) is 51.8 Å². The van der Waals surface area contributed by atoms with Crippen LogP contribution >= 0.6 is 23.2 Å². The summed E-state index contributed by atoms with van der Waals surface area (Å²) < 4.78 is 29.0. The highest BCUT2D eigenvalue weighted by Crippen LogP contribution is 2.25. The van der Waals surface area contributed by atoms with E-state index >= 15 is 0 Å². The summed E-state index contributed by atoms with van der Waals surface area (Å²) in [6.07, 6.45) is 9.63. The lowest BCUT2D eigenvalue weighted by Crippen LogP contribution is -2.51. The molecule has 0 aliphatic carbocycles. The molecule has 0 saturated carbocycles. The lowest BCUT2D eigenvalue weighted by atomic mass is 9.99. The summed E-state index contributed by atoms with van der Waals surface area (Å²) in [5, 5.41) is 17.3. The van der Waals surface area contributed by atoms with Gasteiger partial charge in [-0.15, -0.1) is 0 Å². The van der Waals surface area contributed by atoms with E-state index < -0.39 is 18.5 Å². The Morgan fingerprint density at radius 3 is 2.91 bits per heavy atom. The van der Waals surface area contributed by atoms with Crippen LogP contribution in [-0.2, 0) is 13.0 Å². The van der Waals surface area contributed by atoms with Gasteiger partial charge in [0.15, 0.2) is 0 Å². The number of anilines is 1. The molecule has 2 aromatic rings. The number of halogens is 4. The molecule has 34 heavy (non-hydrogen) atoms. The van der Waals surface area contributed by atoms with Gasteiger partial charge in [-0.05, 0) is 50.9 Å². The topological polar surface area (TPSA) is 90.5 Å². The molecule has 1 saturated heterocycles. The van der Waals surface area contributed by atoms with Gasteiger partial charge in [0, 0.05) is 24.5 Å². The van der Waals surface area contributed by atoms with Crippen LogP contribution in [0.25, 0.3) is 6.08 Å². The van der Waals surface area contributed by atoms with Gasteiger partial charge in [0.25, 0.3) is 5.92 Å². The molecule has 4 N–H and O–H groups in total. The van der Waals surface area contributed by atoms with Crippen molar-refractivity contribution in [2.45, 2.75) is 58.0 Å². The number of piperidine rings is 1. The van der Waals surface area contributed by atoms with Crippen molar-refractivity contribution in [3.63, 3.8) is 0 Å². The lowest BCUT2D eigenvalue weighted by Gasteiger charge is -2.31. The van der Waals surface area contributed by atoms with Crippen molar-refractivity contribution in [1.82, 2.24) is 30.8 Å². The molecule has 0 aromatic carbocycles. The van der Waals surface area contributed by atoms with E-state index in [4.69, 9.17) is 23.2 Å². The van der Waals surface area contributed by atoms with Gasteiger partial charge in [0.1, 0.15) is 0 Å². The first kappa shape index (κ1) is 26.5. The van der Waals surface area contributed by atoms with Crippen LogP contribution in [0.2, 0.25) is 5.02 Å². The SMILES string of the molecule is C/C=C(Cl)\C=C/c1n[nH]c(CNCCc2nc(NCC(F)(F)C3CCCCN3)ncc2Cl)c1C. The van der Waals surface area contributed by atoms with E-state index in [1.165, 1.54) is 6.20 Å². The molecule has 1 atom stereocenters. The van der Waals surface area contributed by atoms with Gasteiger partial charge in [0.05, 0.1) is 40.9 Å². The Kier molecular flexibility index (Phi) is 9.82. The fourth-order valence-corrected chi connectivity index (χ4v) is 3.90. The van der Waals surface area contributed by atoms with Gasteiger partial charge in [-0.2, -0.15) is 5.10 Å². The molecule has 0 spiro atoms. The minimum Gasteiger partial charge on any atom is -0.348 e. The van der Waals surface area contributed by atoms with E-state index in [1.807, 2.05) is 19.9 Å². The summed E-state index contributed by atoms with van der Waals surface area (Å²) in [4.78, 5) is 8.39. The summed E-state index contributed by atoms with van der Waals surface area (Å²) in [6.45, 7) is 5.12. The van der Waals surface area contributed by atoms with E-state index in [1.54, 1.807) is 12.2 Å². The van der Waals surface area contributed by atoms with Crippen LogP contribution < -0.4 is 16.0 Å². The average Bonchev–Trinajstić information content (AvgIpc) is 3.20. The van der Waals surface area contributed by atoms with Crippen molar-refractivity contribution >= 4 is 35.2 Å². The molecule has 1 fully saturated rings. The molecule has 0 bridgehead atoms. The molecule has 3 rings (SSSR count). The van der Waals surface area contributed by atoms with Gasteiger partial charge >= 0.3 is 0 Å². The van der Waals surface area contributed by atoms with Gasteiger partial charge in [-0.25, -0.2) is 18.7 Å². The Hall–Kier alpha value is -2.07. The maximum absolute atomic E-state index is 14.5. The molecule has 1 aliphatic rings. The van der Waals surface area contributed by atoms with Crippen LogP contribution in [0.4, 0.5) is 14.7 Å². The number of aromatic nitrogens is 4. The first-order valence-corrected chi connectivity index (χ1v) is 12.2. The first-order chi connectivity index (χ1) is 16.3. The number of nitrogens with one attached hydrogen (secondary N) is 4. The third-order valence-electron chi connectivity index (χ3n) is 5.78. The van der Waals surface area contributed by atoms with Gasteiger partial charge in [0.2, 0.25) is 5.95 Å². The summed E-state index contributed by atoms with van der Waals surface area (Å²) in [6, 6.07) is -0.827. The maximum atomic E-state index is 14.5. The highest BCUT2D eigenvalue weighted by atomic mass is 35.5. The zero-order valence-corrected chi connectivity index (χ0v) is 20.9. The van der Waals surface area contributed by atoms with Crippen molar-refractivity contribution < 1.29 is 8.78 Å². The molecule has 7 nitrogen and oxygen atoms in total. The Balaban J connectivity index is 1.49. The molecular weight excluding hydrogens is 483 g/mol. The van der Waals surface area contributed by atoms with Crippen LogP contribution in [0.5, 0.6) is 0 Å². The van der Waals surface area contributed by atoms with Crippen molar-refractivity contribution in [1.29, 1.82) is 0 Å². The van der Waals surface area contributed by atoms with E-state index in [9.17, 15) is 8.78 Å². The highest BCUT2D eigenvalue weighted by molar-refractivity contribution is 6.31. The second-order valence-corrected chi connectivity index (χ2v) is 9.10. The number of H-pyrrole nitrogens is 1. The predicted molar refractivity (Wildman–Crippen MR) is 133 cm³/mol. The normalized spacial score (nSPS) is 17.5. The molecule has 3 heterocycles. The summed E-state index contributed by atoms with van der Waals surface area (Å²) in [5.74, 6) is -2.74. The van der Waals surface area contributed by atoms with E-state index in [0.717, 1.165) is 29.8 Å². The molecular formula is C23H31Cl2F2N7. The fourth-order valence-electron chi connectivity index (χ4n) is 3.65. The van der Waals surface area contributed by atoms with Crippen molar-refractivity contribution in [3.8, 4) is 0 Å². The largest absolute Gasteiger partial charge is 0.348 e. The smallest absolute Gasteiger partial charge is 0.280 e. The third-order valence-corrected chi connectivity index (χ3v) is 6.44. The molecule has 2 aromatic heterocycles. The Bertz CT molecular complexity index is 1000. The molecule has 1 aliphatic heterocycles. The van der Waals surface area contributed by atoms with Crippen molar-refractivity contribution in [3.05, 3.63) is 51.0 Å². The van der Waals surface area contributed by atoms with Crippen LogP contribution in [0, 0.1) is 6.92 Å². The molecule has 11 heteroatoms. The number of nitrogens with zero attached hydrogens (tertiary/aromatic N) is 3. The first-order valence-electron chi connectivity index (χ1n) is 11.4. The van der Waals surface area contributed by atoms with E-state index in [-0.39, 0.29) is 5.95 Å². The second-order valence-electron chi connectivity index (χ2n) is 8.25. The summed E-state index contributed by atoms with van der Waals surface area (Å²) >= 11 is 12.2. The quantitative estimate of drug-likeness (QED) is 0.254. The van der Waals surface area contributed by atoms with Crippen molar-refractivity contribution in [2.24, 2.45) is 0 Å². The van der Waals surface area contributed by atoms with Crippen molar-refractivity contribution in [2.75, 3.05) is 25.0 Å². The maximum Gasteiger partial charge on any atom is 0.280 e. The van der Waals surface area contributed by atoms with E-state index in [2.05, 4.69) is 36.1 Å². The zero-order chi connectivity index (χ0) is 24.6. The number of hydrogen-bond donors (Lipinski definition) is 4. The van der Waals surface area contributed by atoms with Gasteiger partial charge in [-0.3, -0.25) is 5.10 Å². The molecule has 186 valence electrons. The van der Waals surface area contributed by atoms with Crippen LogP contribution in [0.15, 0.2) is 23.4 Å². The number of rotatable bonds is 11. The Morgan fingerprint density at radius 1 is 1.35 bits per heavy atom. The minimum absolute atomic E-state index is 0.149. The van der Waals surface area contributed by atoms with Crippen LogP contribution in [0.1, 0.15) is 48.8 Å². The molecule has 0 radical (unpaired) electrons. The zero-order valence-electron chi connectivity index (χ0n) is 19.4. The monoisotopic (exact) mass is 513 g/mol. The Morgan fingerprint density at radius 2 is 2.18 bits per heavy atom. The Labute approximate surface area is 208 Å². The van der Waals surface area contributed by atoms with Gasteiger partial charge < -0.3 is 16.0 Å². The van der Waals surface area contributed by atoms with Gasteiger partial charge in [-0.1, -0.05) is 35.7 Å². The number of alkyl halides is 2. The third kappa shape index (κ3) is 7.46. The number of allylic oxidation sites excluding steroid dienone is 3.